The first kappa shape index (κ1) is 14.0. The molecular weight excluding hydrogens is 274 g/mol. The highest BCUT2D eigenvalue weighted by Gasteiger charge is 2.11. The largest absolute Gasteiger partial charge is 0.272 e. The van der Waals surface area contributed by atoms with E-state index in [0.717, 1.165) is 22.3 Å². The summed E-state index contributed by atoms with van der Waals surface area (Å²) in [5.74, 6) is 0. The van der Waals surface area contributed by atoms with Gasteiger partial charge in [0.05, 0.1) is 4.92 Å². The van der Waals surface area contributed by atoms with Crippen LogP contribution in [0.3, 0.4) is 0 Å². The van der Waals surface area contributed by atoms with Crippen molar-refractivity contribution in [1.29, 1.82) is 0 Å². The summed E-state index contributed by atoms with van der Waals surface area (Å²) < 4.78 is 0. The molecule has 22 heavy (non-hydrogen) atoms. The number of nitro benzene ring substituents is 1. The molecule has 3 nitrogen and oxygen atoms in total. The zero-order valence-corrected chi connectivity index (χ0v) is 12.2. The zero-order valence-electron chi connectivity index (χ0n) is 12.2. The lowest BCUT2D eigenvalue weighted by molar-refractivity contribution is -0.385. The lowest BCUT2D eigenvalue weighted by Crippen LogP contribution is -1.92. The maximum absolute atomic E-state index is 11.0. The third kappa shape index (κ3) is 2.74. The van der Waals surface area contributed by atoms with Crippen LogP contribution in [0.2, 0.25) is 0 Å². The van der Waals surface area contributed by atoms with Crippen molar-refractivity contribution >= 4 is 5.69 Å². The lowest BCUT2D eigenvalue weighted by atomic mass is 9.99. The maximum Gasteiger partial charge on any atom is 0.272 e. The summed E-state index contributed by atoms with van der Waals surface area (Å²) in [5, 5.41) is 11.0. The van der Waals surface area contributed by atoms with E-state index in [1.807, 2.05) is 48.5 Å². The van der Waals surface area contributed by atoms with Crippen molar-refractivity contribution in [2.75, 3.05) is 0 Å². The van der Waals surface area contributed by atoms with Crippen molar-refractivity contribution in [2.45, 2.75) is 6.92 Å². The molecule has 0 heterocycles. The second-order valence-electron chi connectivity index (χ2n) is 5.20. The average molecular weight is 289 g/mol. The Labute approximate surface area is 129 Å². The second-order valence-corrected chi connectivity index (χ2v) is 5.20. The molecule has 0 aliphatic rings. The fourth-order valence-electron chi connectivity index (χ4n) is 2.47. The number of benzene rings is 3. The number of aryl methyl sites for hydroxylation is 1. The van der Waals surface area contributed by atoms with Crippen LogP contribution >= 0.6 is 0 Å². The van der Waals surface area contributed by atoms with Gasteiger partial charge in [0.1, 0.15) is 0 Å². The Morgan fingerprint density at radius 2 is 1.23 bits per heavy atom. The normalized spacial score (nSPS) is 10.4. The summed E-state index contributed by atoms with van der Waals surface area (Å²) >= 11 is 0. The standard InChI is InChI=1S/C19H15NO2/c1-14-7-8-18(13-19(14)20(21)22)17-11-9-16(10-12-17)15-5-3-2-4-6-15/h2-13H,1H3. The van der Waals surface area contributed by atoms with Gasteiger partial charge in [-0.15, -0.1) is 0 Å². The Morgan fingerprint density at radius 1 is 0.727 bits per heavy atom. The molecule has 0 saturated heterocycles. The Bertz CT molecular complexity index is 809. The molecule has 108 valence electrons. The summed E-state index contributed by atoms with van der Waals surface area (Å²) in [6.45, 7) is 1.75. The van der Waals surface area contributed by atoms with E-state index in [9.17, 15) is 10.1 Å². The van der Waals surface area contributed by atoms with E-state index in [0.29, 0.717) is 5.56 Å². The number of nitro groups is 1. The molecule has 0 aliphatic carbocycles. The smallest absolute Gasteiger partial charge is 0.258 e. The van der Waals surface area contributed by atoms with Gasteiger partial charge in [0.2, 0.25) is 0 Å². The molecule has 0 saturated carbocycles. The average Bonchev–Trinajstić information content (AvgIpc) is 2.56. The van der Waals surface area contributed by atoms with Crippen molar-refractivity contribution in [3.05, 3.63) is 88.5 Å². The first-order chi connectivity index (χ1) is 10.6. The molecule has 0 radical (unpaired) electrons. The summed E-state index contributed by atoms with van der Waals surface area (Å²) in [6.07, 6.45) is 0. The van der Waals surface area contributed by atoms with E-state index in [1.54, 1.807) is 19.1 Å². The molecule has 3 aromatic carbocycles. The monoisotopic (exact) mass is 289 g/mol. The van der Waals surface area contributed by atoms with Gasteiger partial charge >= 0.3 is 0 Å². The van der Waals surface area contributed by atoms with E-state index >= 15 is 0 Å². The highest BCUT2D eigenvalue weighted by molar-refractivity contribution is 5.72. The van der Waals surface area contributed by atoms with Crippen molar-refractivity contribution in [2.24, 2.45) is 0 Å². The molecule has 0 N–H and O–H groups in total. The first-order valence-corrected chi connectivity index (χ1v) is 7.06. The van der Waals surface area contributed by atoms with E-state index < -0.39 is 0 Å². The van der Waals surface area contributed by atoms with Gasteiger partial charge in [-0.2, -0.15) is 0 Å². The second kappa shape index (κ2) is 5.82. The Balaban J connectivity index is 1.97. The minimum atomic E-state index is -0.336. The number of nitrogens with zero attached hydrogens (tertiary/aromatic N) is 1. The Hall–Kier alpha value is -2.94. The van der Waals surface area contributed by atoms with Crippen molar-refractivity contribution in [1.82, 2.24) is 0 Å². The van der Waals surface area contributed by atoms with Gasteiger partial charge in [-0.25, -0.2) is 0 Å². The van der Waals surface area contributed by atoms with Crippen LogP contribution in [0.5, 0.6) is 0 Å². The van der Waals surface area contributed by atoms with Gasteiger partial charge in [-0.3, -0.25) is 10.1 Å². The van der Waals surface area contributed by atoms with Crippen LogP contribution in [0.4, 0.5) is 5.69 Å². The van der Waals surface area contributed by atoms with Gasteiger partial charge in [0.25, 0.3) is 5.69 Å². The molecule has 0 atom stereocenters. The maximum atomic E-state index is 11.0. The van der Waals surface area contributed by atoms with Crippen molar-refractivity contribution in [3.63, 3.8) is 0 Å². The molecule has 0 spiro atoms. The highest BCUT2D eigenvalue weighted by atomic mass is 16.6. The van der Waals surface area contributed by atoms with Gasteiger partial charge < -0.3 is 0 Å². The van der Waals surface area contributed by atoms with Crippen molar-refractivity contribution in [3.8, 4) is 22.3 Å². The van der Waals surface area contributed by atoms with Crippen LogP contribution in [-0.2, 0) is 0 Å². The molecule has 3 aromatic rings. The van der Waals surface area contributed by atoms with Crippen LogP contribution in [0.15, 0.2) is 72.8 Å². The van der Waals surface area contributed by atoms with Crippen LogP contribution in [0.1, 0.15) is 5.56 Å². The Kier molecular flexibility index (Phi) is 3.71. The number of hydrogen-bond acceptors (Lipinski definition) is 2. The predicted octanol–water partition coefficient (Wildman–Crippen LogP) is 5.24. The molecule has 0 aromatic heterocycles. The molecule has 0 aliphatic heterocycles. The van der Waals surface area contributed by atoms with Crippen LogP contribution in [0.25, 0.3) is 22.3 Å². The van der Waals surface area contributed by atoms with E-state index in [1.165, 1.54) is 0 Å². The third-order valence-electron chi connectivity index (χ3n) is 3.73. The summed E-state index contributed by atoms with van der Waals surface area (Å²) in [4.78, 5) is 10.7. The third-order valence-corrected chi connectivity index (χ3v) is 3.73. The minimum Gasteiger partial charge on any atom is -0.258 e. The van der Waals surface area contributed by atoms with Crippen molar-refractivity contribution < 1.29 is 4.92 Å². The topological polar surface area (TPSA) is 43.1 Å². The number of rotatable bonds is 3. The molecule has 0 amide bonds. The van der Waals surface area contributed by atoms with Gasteiger partial charge in [-0.1, -0.05) is 66.7 Å². The van der Waals surface area contributed by atoms with Gasteiger partial charge in [0.15, 0.2) is 0 Å². The van der Waals surface area contributed by atoms with E-state index in [-0.39, 0.29) is 10.6 Å². The van der Waals surface area contributed by atoms with Crippen LogP contribution in [0, 0.1) is 17.0 Å². The fourth-order valence-corrected chi connectivity index (χ4v) is 2.47. The van der Waals surface area contributed by atoms with E-state index in [4.69, 9.17) is 0 Å². The first-order valence-electron chi connectivity index (χ1n) is 7.06. The molecule has 3 rings (SSSR count). The zero-order chi connectivity index (χ0) is 15.5. The lowest BCUT2D eigenvalue weighted by Gasteiger charge is -2.06. The summed E-state index contributed by atoms with van der Waals surface area (Å²) in [5.41, 5.74) is 4.95. The summed E-state index contributed by atoms with van der Waals surface area (Å²) in [6, 6.07) is 23.5. The number of hydrogen-bond donors (Lipinski definition) is 0. The Morgan fingerprint density at radius 3 is 1.82 bits per heavy atom. The minimum absolute atomic E-state index is 0.157. The molecular formula is C19H15NO2. The molecule has 0 bridgehead atoms. The molecule has 0 unspecified atom stereocenters. The highest BCUT2D eigenvalue weighted by Crippen LogP contribution is 2.28. The van der Waals surface area contributed by atoms with Gasteiger partial charge in [0, 0.05) is 11.6 Å². The molecule has 3 heteroatoms. The predicted molar refractivity (Wildman–Crippen MR) is 88.7 cm³/mol. The SMILES string of the molecule is Cc1ccc(-c2ccc(-c3ccccc3)cc2)cc1[N+](=O)[O-]. The molecule has 0 fully saturated rings. The quantitative estimate of drug-likeness (QED) is 0.489. The van der Waals surface area contributed by atoms with Gasteiger partial charge in [-0.05, 0) is 29.2 Å². The van der Waals surface area contributed by atoms with Crippen LogP contribution < -0.4 is 0 Å². The van der Waals surface area contributed by atoms with E-state index in [2.05, 4.69) is 12.1 Å². The fraction of sp³-hybridized carbons (Fsp3) is 0.0526. The summed E-state index contributed by atoms with van der Waals surface area (Å²) in [7, 11) is 0. The van der Waals surface area contributed by atoms with Crippen LogP contribution in [-0.4, -0.2) is 4.92 Å².